The predicted octanol–water partition coefficient (Wildman–Crippen LogP) is 3.34. The number of nitrogens with zero attached hydrogens (tertiary/aromatic N) is 2. The molecule has 1 aliphatic rings. The standard InChI is InChI=1S/C22H22ClN3O5S/c23-20-9-6-17(13-21(20)32(28,29)25-14-19-3-1-12-30-19)22(27)31-15-16-4-7-18(8-5-16)26-11-2-10-24-26/h2,4-11,13,19,25H,1,3,12,14-15H2. The van der Waals surface area contributed by atoms with Gasteiger partial charge in [0.1, 0.15) is 11.5 Å². The maximum atomic E-state index is 12.7. The average Bonchev–Trinajstić information content (AvgIpc) is 3.51. The minimum atomic E-state index is -3.91. The highest BCUT2D eigenvalue weighted by Gasteiger charge is 2.23. The van der Waals surface area contributed by atoms with Crippen LogP contribution in [0.15, 0.2) is 65.8 Å². The van der Waals surface area contributed by atoms with Crippen molar-refractivity contribution in [2.75, 3.05) is 13.2 Å². The Morgan fingerprint density at radius 3 is 2.75 bits per heavy atom. The van der Waals surface area contributed by atoms with Crippen LogP contribution in [0.1, 0.15) is 28.8 Å². The molecule has 1 N–H and O–H groups in total. The molecule has 8 nitrogen and oxygen atoms in total. The third kappa shape index (κ3) is 5.36. The summed E-state index contributed by atoms with van der Waals surface area (Å²) in [6.45, 7) is 0.822. The van der Waals surface area contributed by atoms with Crippen LogP contribution in [-0.2, 0) is 26.1 Å². The maximum absolute atomic E-state index is 12.7. The molecule has 0 radical (unpaired) electrons. The highest BCUT2D eigenvalue weighted by atomic mass is 35.5. The highest BCUT2D eigenvalue weighted by Crippen LogP contribution is 2.24. The van der Waals surface area contributed by atoms with Crippen molar-refractivity contribution < 1.29 is 22.7 Å². The number of carbonyl (C=O) groups excluding carboxylic acids is 1. The van der Waals surface area contributed by atoms with Gasteiger partial charge in [-0.2, -0.15) is 5.10 Å². The van der Waals surface area contributed by atoms with Crippen molar-refractivity contribution in [1.82, 2.24) is 14.5 Å². The van der Waals surface area contributed by atoms with Crippen LogP contribution in [0.3, 0.4) is 0 Å². The van der Waals surface area contributed by atoms with Crippen LogP contribution in [-0.4, -0.2) is 43.4 Å². The molecule has 1 aromatic heterocycles. The fourth-order valence-electron chi connectivity index (χ4n) is 3.32. The molecule has 2 aromatic carbocycles. The van der Waals surface area contributed by atoms with Crippen LogP contribution in [0.25, 0.3) is 5.69 Å². The summed E-state index contributed by atoms with van der Waals surface area (Å²) in [7, 11) is -3.91. The zero-order valence-electron chi connectivity index (χ0n) is 17.1. The molecular formula is C22H22ClN3O5S. The van der Waals surface area contributed by atoms with Gasteiger partial charge in [-0.05, 0) is 54.8 Å². The number of benzene rings is 2. The number of halogens is 1. The summed E-state index contributed by atoms with van der Waals surface area (Å²) in [5.41, 5.74) is 1.77. The molecule has 1 unspecified atom stereocenters. The lowest BCUT2D eigenvalue weighted by Gasteiger charge is -2.13. The first kappa shape index (κ1) is 22.5. The second-order valence-electron chi connectivity index (χ2n) is 7.33. The second-order valence-corrected chi connectivity index (χ2v) is 9.47. The van der Waals surface area contributed by atoms with E-state index in [0.717, 1.165) is 24.1 Å². The molecule has 1 fully saturated rings. The van der Waals surface area contributed by atoms with Gasteiger partial charge in [0, 0.05) is 25.5 Å². The van der Waals surface area contributed by atoms with Gasteiger partial charge in [0.25, 0.3) is 0 Å². The summed E-state index contributed by atoms with van der Waals surface area (Å²) < 4.78 is 40.4. The van der Waals surface area contributed by atoms with Crippen molar-refractivity contribution in [2.24, 2.45) is 0 Å². The summed E-state index contributed by atoms with van der Waals surface area (Å²) in [5.74, 6) is -0.645. The summed E-state index contributed by atoms with van der Waals surface area (Å²) in [6, 6.07) is 13.2. The molecule has 1 aliphatic heterocycles. The monoisotopic (exact) mass is 475 g/mol. The van der Waals surface area contributed by atoms with Crippen LogP contribution < -0.4 is 4.72 Å². The summed E-state index contributed by atoms with van der Waals surface area (Å²) in [6.07, 6.45) is 5.06. The van der Waals surface area contributed by atoms with E-state index in [0.29, 0.717) is 6.61 Å². The maximum Gasteiger partial charge on any atom is 0.338 e. The fourth-order valence-corrected chi connectivity index (χ4v) is 4.91. The van der Waals surface area contributed by atoms with Gasteiger partial charge >= 0.3 is 5.97 Å². The van der Waals surface area contributed by atoms with Crippen molar-refractivity contribution in [3.8, 4) is 5.69 Å². The van der Waals surface area contributed by atoms with Crippen LogP contribution in [0, 0.1) is 0 Å². The third-order valence-corrected chi connectivity index (χ3v) is 6.96. The van der Waals surface area contributed by atoms with Gasteiger partial charge in [-0.15, -0.1) is 0 Å². The van der Waals surface area contributed by atoms with Crippen LogP contribution in [0.2, 0.25) is 5.02 Å². The van der Waals surface area contributed by atoms with Gasteiger partial charge in [-0.1, -0.05) is 23.7 Å². The fraction of sp³-hybridized carbons (Fsp3) is 0.273. The number of rotatable bonds is 8. The van der Waals surface area contributed by atoms with Gasteiger partial charge < -0.3 is 9.47 Å². The number of hydrogen-bond acceptors (Lipinski definition) is 6. The molecule has 1 saturated heterocycles. The normalized spacial score (nSPS) is 16.2. The first-order chi connectivity index (χ1) is 15.4. The van der Waals surface area contributed by atoms with Crippen molar-refractivity contribution in [1.29, 1.82) is 0 Å². The molecule has 168 valence electrons. The highest BCUT2D eigenvalue weighted by molar-refractivity contribution is 7.89. The lowest BCUT2D eigenvalue weighted by molar-refractivity contribution is 0.0472. The first-order valence-electron chi connectivity index (χ1n) is 10.1. The molecule has 2 heterocycles. The van der Waals surface area contributed by atoms with E-state index in [1.165, 1.54) is 18.2 Å². The van der Waals surface area contributed by atoms with Crippen LogP contribution >= 0.6 is 11.6 Å². The molecule has 0 saturated carbocycles. The van der Waals surface area contributed by atoms with E-state index >= 15 is 0 Å². The Balaban J connectivity index is 1.40. The quantitative estimate of drug-likeness (QED) is 0.501. The van der Waals surface area contributed by atoms with E-state index in [2.05, 4.69) is 9.82 Å². The third-order valence-electron chi connectivity index (χ3n) is 5.06. The first-order valence-corrected chi connectivity index (χ1v) is 12.0. The predicted molar refractivity (Wildman–Crippen MR) is 118 cm³/mol. The molecule has 4 rings (SSSR count). The van der Waals surface area contributed by atoms with Crippen molar-refractivity contribution >= 4 is 27.6 Å². The number of aromatic nitrogens is 2. The Labute approximate surface area is 191 Å². The largest absolute Gasteiger partial charge is 0.457 e. The van der Waals surface area contributed by atoms with E-state index in [1.807, 2.05) is 36.5 Å². The molecule has 32 heavy (non-hydrogen) atoms. The minimum absolute atomic E-state index is 0.0237. The molecule has 0 spiro atoms. The summed E-state index contributed by atoms with van der Waals surface area (Å²) in [4.78, 5) is 12.3. The Morgan fingerprint density at radius 1 is 1.25 bits per heavy atom. The topological polar surface area (TPSA) is 99.5 Å². The number of carbonyl (C=O) groups is 1. The van der Waals surface area contributed by atoms with E-state index in [1.54, 1.807) is 10.9 Å². The molecule has 10 heteroatoms. The Hall–Kier alpha value is -2.72. The zero-order valence-corrected chi connectivity index (χ0v) is 18.7. The van der Waals surface area contributed by atoms with Crippen LogP contribution in [0.4, 0.5) is 0 Å². The molecule has 0 bridgehead atoms. The number of nitrogens with one attached hydrogen (secondary N) is 1. The van der Waals surface area contributed by atoms with Crippen molar-refractivity contribution in [2.45, 2.75) is 30.4 Å². The molecular weight excluding hydrogens is 454 g/mol. The summed E-state index contributed by atoms with van der Waals surface area (Å²) in [5, 5.41) is 4.18. The van der Waals surface area contributed by atoms with Crippen molar-refractivity contribution in [3.63, 3.8) is 0 Å². The van der Waals surface area contributed by atoms with Gasteiger partial charge in [-0.3, -0.25) is 0 Å². The van der Waals surface area contributed by atoms with E-state index in [-0.39, 0.29) is 34.7 Å². The molecule has 0 amide bonds. The van der Waals surface area contributed by atoms with Gasteiger partial charge in [0.2, 0.25) is 10.0 Å². The Bertz CT molecular complexity index is 1170. The van der Waals surface area contributed by atoms with Crippen molar-refractivity contribution in [3.05, 3.63) is 77.1 Å². The number of hydrogen-bond donors (Lipinski definition) is 1. The zero-order chi connectivity index (χ0) is 22.6. The number of sulfonamides is 1. The van der Waals surface area contributed by atoms with E-state index in [4.69, 9.17) is 21.1 Å². The minimum Gasteiger partial charge on any atom is -0.457 e. The van der Waals surface area contributed by atoms with Gasteiger partial charge in [-0.25, -0.2) is 22.6 Å². The number of ether oxygens (including phenoxy) is 2. The second kappa shape index (κ2) is 9.83. The van der Waals surface area contributed by atoms with Gasteiger partial charge in [0.05, 0.1) is 22.4 Å². The van der Waals surface area contributed by atoms with E-state index in [9.17, 15) is 13.2 Å². The molecule has 1 atom stereocenters. The number of esters is 1. The average molecular weight is 476 g/mol. The van der Waals surface area contributed by atoms with Gasteiger partial charge in [0.15, 0.2) is 0 Å². The lowest BCUT2D eigenvalue weighted by atomic mass is 10.2. The molecule has 0 aliphatic carbocycles. The Morgan fingerprint density at radius 2 is 2.06 bits per heavy atom. The Kier molecular flexibility index (Phi) is 6.90. The summed E-state index contributed by atoms with van der Waals surface area (Å²) >= 11 is 6.10. The van der Waals surface area contributed by atoms with Crippen LogP contribution in [0.5, 0.6) is 0 Å². The SMILES string of the molecule is O=C(OCc1ccc(-n2cccn2)cc1)c1ccc(Cl)c(S(=O)(=O)NCC2CCCO2)c1. The van der Waals surface area contributed by atoms with E-state index < -0.39 is 16.0 Å². The molecule has 3 aromatic rings. The lowest BCUT2D eigenvalue weighted by Crippen LogP contribution is -2.32. The smallest absolute Gasteiger partial charge is 0.338 e.